The maximum Gasteiger partial charge on any atom is 0.224 e. The van der Waals surface area contributed by atoms with Crippen LogP contribution >= 0.6 is 11.3 Å². The van der Waals surface area contributed by atoms with Crippen LogP contribution in [0.3, 0.4) is 0 Å². The molecule has 1 amide bonds. The summed E-state index contributed by atoms with van der Waals surface area (Å²) in [6, 6.07) is -0.183. The van der Waals surface area contributed by atoms with Crippen molar-refractivity contribution in [3.05, 3.63) is 16.1 Å². The number of amides is 1. The van der Waals surface area contributed by atoms with E-state index >= 15 is 0 Å². The molecule has 0 spiro atoms. The van der Waals surface area contributed by atoms with Crippen molar-refractivity contribution in [2.75, 3.05) is 0 Å². The smallest absolute Gasteiger partial charge is 0.224 e. The molecule has 4 nitrogen and oxygen atoms in total. The van der Waals surface area contributed by atoms with Crippen molar-refractivity contribution in [2.45, 2.75) is 39.8 Å². The second-order valence-corrected chi connectivity index (χ2v) is 5.09. The first-order valence-corrected chi connectivity index (χ1v) is 6.27. The van der Waals surface area contributed by atoms with Crippen molar-refractivity contribution < 1.29 is 4.79 Å². The maximum atomic E-state index is 11.8. The molecular weight excluding hydrogens is 222 g/mol. The van der Waals surface area contributed by atoms with Gasteiger partial charge in [-0.3, -0.25) is 4.79 Å². The van der Waals surface area contributed by atoms with Gasteiger partial charge in [-0.2, -0.15) is 0 Å². The Kier molecular flexibility index (Phi) is 4.44. The predicted octanol–water partition coefficient (Wildman–Crippen LogP) is 1.61. The lowest BCUT2D eigenvalue weighted by molar-refractivity contribution is -0.125. The number of nitrogens with one attached hydrogen (secondary N) is 1. The van der Waals surface area contributed by atoms with Crippen molar-refractivity contribution in [3.63, 3.8) is 0 Å². The van der Waals surface area contributed by atoms with Crippen LogP contribution in [0, 0.1) is 12.8 Å². The molecule has 3 atom stereocenters. The quantitative estimate of drug-likeness (QED) is 0.841. The van der Waals surface area contributed by atoms with E-state index in [4.69, 9.17) is 5.73 Å². The van der Waals surface area contributed by atoms with E-state index in [-0.39, 0.29) is 23.9 Å². The molecule has 0 aliphatic heterocycles. The molecule has 1 aromatic heterocycles. The highest BCUT2D eigenvalue weighted by Crippen LogP contribution is 2.17. The summed E-state index contributed by atoms with van der Waals surface area (Å²) >= 11 is 1.56. The Hall–Kier alpha value is -0.940. The molecule has 90 valence electrons. The fourth-order valence-corrected chi connectivity index (χ4v) is 2.02. The SMILES string of the molecule is Cc1csc(C(C)NC(=O)C(C)C(C)N)n1. The van der Waals surface area contributed by atoms with Gasteiger partial charge in [0.15, 0.2) is 0 Å². The van der Waals surface area contributed by atoms with Gasteiger partial charge < -0.3 is 11.1 Å². The van der Waals surface area contributed by atoms with Crippen molar-refractivity contribution in [3.8, 4) is 0 Å². The topological polar surface area (TPSA) is 68.0 Å². The molecule has 16 heavy (non-hydrogen) atoms. The van der Waals surface area contributed by atoms with Gasteiger partial charge in [0.1, 0.15) is 5.01 Å². The second kappa shape index (κ2) is 5.41. The number of rotatable bonds is 4. The van der Waals surface area contributed by atoms with Crippen molar-refractivity contribution >= 4 is 17.2 Å². The van der Waals surface area contributed by atoms with E-state index in [1.165, 1.54) is 0 Å². The maximum absolute atomic E-state index is 11.8. The Morgan fingerprint density at radius 3 is 2.56 bits per heavy atom. The summed E-state index contributed by atoms with van der Waals surface area (Å²) in [4.78, 5) is 16.1. The summed E-state index contributed by atoms with van der Waals surface area (Å²) in [5.74, 6) is -0.195. The van der Waals surface area contributed by atoms with Gasteiger partial charge in [-0.25, -0.2) is 4.98 Å². The normalized spacial score (nSPS) is 16.6. The molecule has 1 rings (SSSR count). The van der Waals surface area contributed by atoms with Gasteiger partial charge in [0.2, 0.25) is 5.91 Å². The number of hydrogen-bond acceptors (Lipinski definition) is 4. The highest BCUT2D eigenvalue weighted by molar-refractivity contribution is 7.09. The van der Waals surface area contributed by atoms with E-state index in [0.29, 0.717) is 0 Å². The third-order valence-electron chi connectivity index (χ3n) is 2.57. The van der Waals surface area contributed by atoms with Crippen LogP contribution < -0.4 is 11.1 Å². The first-order chi connectivity index (χ1) is 7.41. The van der Waals surface area contributed by atoms with Crippen LogP contribution in [0.25, 0.3) is 0 Å². The van der Waals surface area contributed by atoms with Gasteiger partial charge in [0, 0.05) is 23.0 Å². The minimum Gasteiger partial charge on any atom is -0.347 e. The Labute approximate surface area is 100 Å². The fourth-order valence-electron chi connectivity index (χ4n) is 1.22. The van der Waals surface area contributed by atoms with Crippen molar-refractivity contribution in [2.24, 2.45) is 11.7 Å². The van der Waals surface area contributed by atoms with E-state index in [1.807, 2.05) is 33.1 Å². The third-order valence-corrected chi connectivity index (χ3v) is 3.71. The van der Waals surface area contributed by atoms with Crippen LogP contribution in [0.15, 0.2) is 5.38 Å². The summed E-state index contributed by atoms with van der Waals surface area (Å²) in [6.07, 6.45) is 0. The summed E-state index contributed by atoms with van der Waals surface area (Å²) in [5, 5.41) is 5.83. The van der Waals surface area contributed by atoms with E-state index in [1.54, 1.807) is 11.3 Å². The monoisotopic (exact) mass is 241 g/mol. The molecule has 1 aromatic rings. The molecule has 5 heteroatoms. The lowest BCUT2D eigenvalue weighted by atomic mass is 10.0. The minimum absolute atomic E-state index is 0.0182. The fraction of sp³-hybridized carbons (Fsp3) is 0.636. The molecule has 0 fully saturated rings. The third kappa shape index (κ3) is 3.28. The molecule has 0 aliphatic carbocycles. The number of carbonyl (C=O) groups is 1. The first kappa shape index (κ1) is 13.1. The number of aromatic nitrogens is 1. The zero-order valence-corrected chi connectivity index (χ0v) is 11.0. The predicted molar refractivity (Wildman–Crippen MR) is 66.2 cm³/mol. The van der Waals surface area contributed by atoms with Crippen LogP contribution in [-0.2, 0) is 4.79 Å². The summed E-state index contributed by atoms with van der Waals surface area (Å²) in [5.41, 5.74) is 6.67. The highest BCUT2D eigenvalue weighted by atomic mass is 32.1. The molecule has 1 heterocycles. The van der Waals surface area contributed by atoms with Crippen LogP contribution in [-0.4, -0.2) is 16.9 Å². The largest absolute Gasteiger partial charge is 0.347 e. The second-order valence-electron chi connectivity index (χ2n) is 4.21. The Bertz CT molecular complexity index is 362. The molecule has 0 aliphatic rings. The molecule has 0 aromatic carbocycles. The zero-order chi connectivity index (χ0) is 12.3. The Morgan fingerprint density at radius 1 is 1.50 bits per heavy atom. The van der Waals surface area contributed by atoms with Gasteiger partial charge in [-0.15, -0.1) is 11.3 Å². The number of aryl methyl sites for hydroxylation is 1. The molecular formula is C11H19N3OS. The van der Waals surface area contributed by atoms with Crippen molar-refractivity contribution in [1.29, 1.82) is 0 Å². The van der Waals surface area contributed by atoms with Gasteiger partial charge in [0.25, 0.3) is 0 Å². The van der Waals surface area contributed by atoms with Gasteiger partial charge in [0.05, 0.1) is 6.04 Å². The standard InChI is InChI=1S/C11H19N3OS/c1-6-5-16-11(13-6)9(4)14-10(15)7(2)8(3)12/h5,7-9H,12H2,1-4H3,(H,14,15). The van der Waals surface area contributed by atoms with E-state index in [2.05, 4.69) is 10.3 Å². The molecule has 0 radical (unpaired) electrons. The number of carbonyl (C=O) groups excluding carboxylic acids is 1. The molecule has 0 saturated heterocycles. The summed E-state index contributed by atoms with van der Waals surface area (Å²) < 4.78 is 0. The zero-order valence-electron chi connectivity index (χ0n) is 10.2. The van der Waals surface area contributed by atoms with Crippen molar-refractivity contribution in [1.82, 2.24) is 10.3 Å². The average Bonchev–Trinajstić information content (AvgIpc) is 2.63. The number of nitrogens with zero attached hydrogens (tertiary/aromatic N) is 1. The minimum atomic E-state index is -0.177. The molecule has 0 saturated carbocycles. The lowest BCUT2D eigenvalue weighted by Crippen LogP contribution is -2.39. The summed E-state index contributed by atoms with van der Waals surface area (Å²) in [6.45, 7) is 7.55. The Balaban J connectivity index is 2.58. The summed E-state index contributed by atoms with van der Waals surface area (Å²) in [7, 11) is 0. The number of hydrogen-bond donors (Lipinski definition) is 2. The van der Waals surface area contributed by atoms with Crippen LogP contribution in [0.4, 0.5) is 0 Å². The van der Waals surface area contributed by atoms with E-state index in [9.17, 15) is 4.79 Å². The van der Waals surface area contributed by atoms with Crippen LogP contribution in [0.5, 0.6) is 0 Å². The van der Waals surface area contributed by atoms with E-state index in [0.717, 1.165) is 10.7 Å². The van der Waals surface area contributed by atoms with Crippen LogP contribution in [0.2, 0.25) is 0 Å². The number of nitrogens with two attached hydrogens (primary N) is 1. The van der Waals surface area contributed by atoms with Gasteiger partial charge in [-0.1, -0.05) is 6.92 Å². The molecule has 3 unspecified atom stereocenters. The van der Waals surface area contributed by atoms with Crippen LogP contribution in [0.1, 0.15) is 37.5 Å². The van der Waals surface area contributed by atoms with Gasteiger partial charge in [-0.05, 0) is 20.8 Å². The molecule has 3 N–H and O–H groups in total. The lowest BCUT2D eigenvalue weighted by Gasteiger charge is -2.18. The Morgan fingerprint density at radius 2 is 2.12 bits per heavy atom. The number of thiazole rings is 1. The van der Waals surface area contributed by atoms with Gasteiger partial charge >= 0.3 is 0 Å². The molecule has 0 bridgehead atoms. The van der Waals surface area contributed by atoms with E-state index < -0.39 is 0 Å². The first-order valence-electron chi connectivity index (χ1n) is 5.39. The average molecular weight is 241 g/mol. The highest BCUT2D eigenvalue weighted by Gasteiger charge is 2.20.